The highest BCUT2D eigenvalue weighted by atomic mass is 16.6. The number of epoxide rings is 1. The van der Waals surface area contributed by atoms with Crippen molar-refractivity contribution in [3.8, 4) is 5.75 Å². The summed E-state index contributed by atoms with van der Waals surface area (Å²) in [6.45, 7) is 10.2. The van der Waals surface area contributed by atoms with E-state index >= 15 is 0 Å². The highest BCUT2D eigenvalue weighted by molar-refractivity contribution is 5.40. The van der Waals surface area contributed by atoms with Gasteiger partial charge in [0.25, 0.3) is 0 Å². The van der Waals surface area contributed by atoms with Gasteiger partial charge in [-0.15, -0.1) is 0 Å². The first-order valence-electron chi connectivity index (χ1n) is 11.5. The zero-order valence-electron chi connectivity index (χ0n) is 18.6. The Morgan fingerprint density at radius 3 is 2.21 bits per heavy atom. The van der Waals surface area contributed by atoms with E-state index in [-0.39, 0.29) is 5.41 Å². The summed E-state index contributed by atoms with van der Waals surface area (Å²) < 4.78 is 11.2. The average Bonchev–Trinajstić information content (AvgIpc) is 3.38. The molecule has 1 N–H and O–H groups in total. The fourth-order valence-electron chi connectivity index (χ4n) is 3.95. The Hall–Kier alpha value is -1.06. The number of hydrogen-bond donors (Lipinski definition) is 1. The predicted octanol–water partition coefficient (Wildman–Crippen LogP) is 6.55. The minimum atomic E-state index is -0.00361. The second kappa shape index (κ2) is 11.8. The zero-order chi connectivity index (χ0) is 20.4. The highest BCUT2D eigenvalue weighted by Gasteiger charge is 2.36. The van der Waals surface area contributed by atoms with Crippen molar-refractivity contribution in [2.24, 2.45) is 0 Å². The summed E-state index contributed by atoms with van der Waals surface area (Å²) >= 11 is 0. The fourth-order valence-corrected chi connectivity index (χ4v) is 3.95. The van der Waals surface area contributed by atoms with Gasteiger partial charge < -0.3 is 14.6 Å². The van der Waals surface area contributed by atoms with Crippen molar-refractivity contribution in [1.29, 1.82) is 0 Å². The van der Waals surface area contributed by atoms with Gasteiger partial charge in [-0.05, 0) is 68.1 Å². The Bertz CT molecular complexity index is 561. The van der Waals surface area contributed by atoms with Gasteiger partial charge in [-0.2, -0.15) is 0 Å². The average molecular weight is 391 g/mol. The van der Waals surface area contributed by atoms with Crippen molar-refractivity contribution in [3.05, 3.63) is 29.3 Å². The van der Waals surface area contributed by atoms with E-state index in [9.17, 15) is 5.11 Å². The largest absolute Gasteiger partial charge is 0.508 e. The van der Waals surface area contributed by atoms with E-state index in [2.05, 4.69) is 39.8 Å². The van der Waals surface area contributed by atoms with Crippen LogP contribution in [0.15, 0.2) is 18.2 Å². The highest BCUT2D eigenvalue weighted by Crippen LogP contribution is 2.32. The maximum atomic E-state index is 10.3. The van der Waals surface area contributed by atoms with Gasteiger partial charge in [0.2, 0.25) is 0 Å². The summed E-state index contributed by atoms with van der Waals surface area (Å²) in [5, 5.41) is 10.3. The third-order valence-corrected chi connectivity index (χ3v) is 5.74. The number of rotatable bonds is 14. The third kappa shape index (κ3) is 8.53. The summed E-state index contributed by atoms with van der Waals surface area (Å²) in [7, 11) is 0. The molecule has 1 saturated heterocycles. The van der Waals surface area contributed by atoms with Gasteiger partial charge in [0.05, 0.1) is 12.2 Å². The summed E-state index contributed by atoms with van der Waals surface area (Å²) in [5.74, 6) is 0.446. The molecule has 3 heteroatoms. The second-order valence-electron chi connectivity index (χ2n) is 9.31. The molecule has 2 rings (SSSR count). The van der Waals surface area contributed by atoms with Crippen LogP contribution in [0.5, 0.6) is 5.75 Å². The van der Waals surface area contributed by atoms with E-state index in [0.717, 1.165) is 31.6 Å². The van der Waals surface area contributed by atoms with Crippen molar-refractivity contribution < 1.29 is 14.6 Å². The molecular weight excluding hydrogens is 348 g/mol. The molecule has 0 saturated carbocycles. The summed E-state index contributed by atoms with van der Waals surface area (Å²) in [5.41, 5.74) is 2.28. The molecule has 1 aliphatic rings. The lowest BCUT2D eigenvalue weighted by molar-refractivity contribution is 0.142. The number of benzene rings is 1. The molecule has 0 spiro atoms. The SMILES string of the molecule is CCOCCCCC1OC1CCCCCCCc1ccc(C(C)(C)C)c(O)c1. The second-order valence-corrected chi connectivity index (χ2v) is 9.31. The quantitative estimate of drug-likeness (QED) is 0.289. The van der Waals surface area contributed by atoms with E-state index in [0.29, 0.717) is 18.0 Å². The third-order valence-electron chi connectivity index (χ3n) is 5.74. The lowest BCUT2D eigenvalue weighted by atomic mass is 9.85. The van der Waals surface area contributed by atoms with Crippen LogP contribution in [0.3, 0.4) is 0 Å². The number of phenols is 1. The van der Waals surface area contributed by atoms with Crippen molar-refractivity contribution >= 4 is 0 Å². The molecule has 28 heavy (non-hydrogen) atoms. The van der Waals surface area contributed by atoms with Crippen LogP contribution in [0.25, 0.3) is 0 Å². The molecule has 1 heterocycles. The first-order chi connectivity index (χ1) is 13.4. The van der Waals surface area contributed by atoms with Crippen LogP contribution in [0.1, 0.15) is 96.6 Å². The Balaban J connectivity index is 1.46. The molecule has 1 fully saturated rings. The standard InChI is InChI=1S/C25H42O3/c1-5-27-18-12-11-15-24-23(28-24)14-10-8-6-7-9-13-20-16-17-21(22(26)19-20)25(2,3)4/h16-17,19,23-24,26H,5-15,18H2,1-4H3. The van der Waals surface area contributed by atoms with Crippen LogP contribution in [0.4, 0.5) is 0 Å². The molecule has 1 aromatic carbocycles. The molecule has 0 aliphatic carbocycles. The van der Waals surface area contributed by atoms with Crippen LogP contribution < -0.4 is 0 Å². The fraction of sp³-hybridized carbons (Fsp3) is 0.760. The van der Waals surface area contributed by atoms with Gasteiger partial charge in [-0.3, -0.25) is 0 Å². The van der Waals surface area contributed by atoms with E-state index in [1.54, 1.807) is 0 Å². The molecule has 3 nitrogen and oxygen atoms in total. The first-order valence-corrected chi connectivity index (χ1v) is 11.5. The Labute approximate surface area is 172 Å². The molecule has 0 bridgehead atoms. The topological polar surface area (TPSA) is 42.0 Å². The lowest BCUT2D eigenvalue weighted by Gasteiger charge is -2.20. The first kappa shape index (κ1) is 23.2. The van der Waals surface area contributed by atoms with Gasteiger partial charge >= 0.3 is 0 Å². The monoisotopic (exact) mass is 390 g/mol. The van der Waals surface area contributed by atoms with Crippen LogP contribution in [0, 0.1) is 0 Å². The van der Waals surface area contributed by atoms with Crippen LogP contribution in [-0.4, -0.2) is 30.5 Å². The van der Waals surface area contributed by atoms with Crippen molar-refractivity contribution in [3.63, 3.8) is 0 Å². The van der Waals surface area contributed by atoms with Crippen molar-refractivity contribution in [2.45, 2.75) is 110 Å². The molecule has 1 aliphatic heterocycles. The van der Waals surface area contributed by atoms with Crippen LogP contribution >= 0.6 is 0 Å². The van der Waals surface area contributed by atoms with E-state index < -0.39 is 0 Å². The Morgan fingerprint density at radius 2 is 1.57 bits per heavy atom. The van der Waals surface area contributed by atoms with Gasteiger partial charge in [-0.1, -0.05) is 58.6 Å². The predicted molar refractivity (Wildman–Crippen MR) is 117 cm³/mol. The zero-order valence-corrected chi connectivity index (χ0v) is 18.6. The molecule has 0 aromatic heterocycles. The number of unbranched alkanes of at least 4 members (excludes halogenated alkanes) is 5. The molecule has 1 aromatic rings. The Morgan fingerprint density at radius 1 is 0.929 bits per heavy atom. The number of aromatic hydroxyl groups is 1. The maximum absolute atomic E-state index is 10.3. The summed E-state index contributed by atoms with van der Waals surface area (Å²) in [6, 6.07) is 6.23. The molecule has 2 atom stereocenters. The number of aryl methyl sites for hydroxylation is 1. The summed E-state index contributed by atoms with van der Waals surface area (Å²) in [4.78, 5) is 0. The van der Waals surface area contributed by atoms with Gasteiger partial charge in [0, 0.05) is 13.2 Å². The van der Waals surface area contributed by atoms with E-state index in [1.807, 2.05) is 6.07 Å². The molecule has 160 valence electrons. The minimum Gasteiger partial charge on any atom is -0.508 e. The number of ether oxygens (including phenoxy) is 2. The minimum absolute atomic E-state index is 0.00361. The normalized spacial score (nSPS) is 19.1. The molecule has 0 amide bonds. The lowest BCUT2D eigenvalue weighted by Crippen LogP contribution is -2.11. The summed E-state index contributed by atoms with van der Waals surface area (Å²) in [6.07, 6.45) is 13.4. The smallest absolute Gasteiger partial charge is 0.119 e. The Kier molecular flexibility index (Phi) is 9.81. The molecule has 0 radical (unpaired) electrons. The van der Waals surface area contributed by atoms with E-state index in [1.165, 1.54) is 56.9 Å². The number of hydrogen-bond acceptors (Lipinski definition) is 3. The van der Waals surface area contributed by atoms with E-state index in [4.69, 9.17) is 9.47 Å². The number of phenolic OH excluding ortho intramolecular Hbond substituents is 1. The van der Waals surface area contributed by atoms with Crippen LogP contribution in [-0.2, 0) is 21.3 Å². The van der Waals surface area contributed by atoms with Gasteiger partial charge in [-0.25, -0.2) is 0 Å². The molecule has 2 unspecified atom stereocenters. The van der Waals surface area contributed by atoms with Crippen molar-refractivity contribution in [1.82, 2.24) is 0 Å². The maximum Gasteiger partial charge on any atom is 0.119 e. The van der Waals surface area contributed by atoms with Gasteiger partial charge in [0.15, 0.2) is 0 Å². The van der Waals surface area contributed by atoms with Gasteiger partial charge in [0.1, 0.15) is 5.75 Å². The van der Waals surface area contributed by atoms with Crippen molar-refractivity contribution in [2.75, 3.05) is 13.2 Å². The molecular formula is C25H42O3. The van der Waals surface area contributed by atoms with Crippen LogP contribution in [0.2, 0.25) is 0 Å².